The van der Waals surface area contributed by atoms with Gasteiger partial charge in [0.1, 0.15) is 11.3 Å². The van der Waals surface area contributed by atoms with Gasteiger partial charge < -0.3 is 19.4 Å². The number of ether oxygens (including phenoxy) is 1. The number of morpholine rings is 1. The molecule has 0 radical (unpaired) electrons. The molecule has 180 valence electrons. The first-order chi connectivity index (χ1) is 16.9. The second-order valence-electron chi connectivity index (χ2n) is 8.94. The molecule has 35 heavy (non-hydrogen) atoms. The third kappa shape index (κ3) is 4.30. The summed E-state index contributed by atoms with van der Waals surface area (Å²) in [6, 6.07) is 14.1. The van der Waals surface area contributed by atoms with E-state index in [1.165, 1.54) is 4.68 Å². The van der Waals surface area contributed by atoms with Crippen molar-refractivity contribution in [1.82, 2.24) is 14.7 Å². The van der Waals surface area contributed by atoms with E-state index in [1.54, 1.807) is 47.4 Å². The number of hydrogen-bond donors (Lipinski definition) is 1. The van der Waals surface area contributed by atoms with Gasteiger partial charge in [0.05, 0.1) is 18.6 Å². The van der Waals surface area contributed by atoms with E-state index in [-0.39, 0.29) is 34.5 Å². The van der Waals surface area contributed by atoms with E-state index in [0.717, 1.165) is 0 Å². The maximum Gasteiger partial charge on any atom is 0.291 e. The normalized spacial score (nSPS) is 14.1. The summed E-state index contributed by atoms with van der Waals surface area (Å²) in [5.74, 6) is -0.627. The molecule has 1 N–H and O–H groups in total. The van der Waals surface area contributed by atoms with Gasteiger partial charge in [-0.1, -0.05) is 44.2 Å². The van der Waals surface area contributed by atoms with Crippen molar-refractivity contribution < 1.29 is 18.7 Å². The minimum absolute atomic E-state index is 0.0567. The van der Waals surface area contributed by atoms with E-state index >= 15 is 0 Å². The minimum atomic E-state index is -0.527. The summed E-state index contributed by atoms with van der Waals surface area (Å²) in [5.41, 5.74) is 0.635. The molecule has 4 aromatic rings. The smallest absolute Gasteiger partial charge is 0.291 e. The van der Waals surface area contributed by atoms with Crippen molar-refractivity contribution in [3.05, 3.63) is 70.3 Å². The molecule has 0 aliphatic carbocycles. The lowest BCUT2D eigenvalue weighted by Gasteiger charge is -2.26. The first-order valence-corrected chi connectivity index (χ1v) is 11.6. The highest BCUT2D eigenvalue weighted by Gasteiger charge is 2.28. The van der Waals surface area contributed by atoms with E-state index in [2.05, 4.69) is 10.4 Å². The second-order valence-corrected chi connectivity index (χ2v) is 8.94. The van der Waals surface area contributed by atoms with Gasteiger partial charge in [0.2, 0.25) is 5.76 Å². The average Bonchev–Trinajstić information content (AvgIpc) is 3.23. The molecule has 9 heteroatoms. The van der Waals surface area contributed by atoms with Crippen molar-refractivity contribution in [2.45, 2.75) is 20.4 Å². The summed E-state index contributed by atoms with van der Waals surface area (Å²) in [4.78, 5) is 41.5. The van der Waals surface area contributed by atoms with Crippen LogP contribution < -0.4 is 10.9 Å². The molecule has 2 amide bonds. The van der Waals surface area contributed by atoms with Gasteiger partial charge in [-0.15, -0.1) is 0 Å². The Kier molecular flexibility index (Phi) is 6.08. The van der Waals surface area contributed by atoms with Crippen LogP contribution in [-0.4, -0.2) is 52.8 Å². The monoisotopic (exact) mass is 474 g/mol. The standard InChI is InChI=1S/C26H26N4O5/c1-16(2)15-30-25(32)18-8-4-3-7-17(18)22(28-30)24(31)27-21-19-9-5-6-10-20(19)35-23(21)26(33)29-11-13-34-14-12-29/h3-10,16H,11-15H2,1-2H3,(H,27,31). The Morgan fingerprint density at radius 3 is 2.37 bits per heavy atom. The fourth-order valence-electron chi connectivity index (χ4n) is 4.28. The number of carbonyl (C=O) groups is 2. The molecular formula is C26H26N4O5. The predicted molar refractivity (Wildman–Crippen MR) is 132 cm³/mol. The zero-order chi connectivity index (χ0) is 24.5. The second kappa shape index (κ2) is 9.34. The number of furan rings is 1. The van der Waals surface area contributed by atoms with E-state index in [4.69, 9.17) is 9.15 Å². The zero-order valence-electron chi connectivity index (χ0n) is 19.6. The highest BCUT2D eigenvalue weighted by molar-refractivity contribution is 6.17. The molecule has 5 rings (SSSR count). The maximum atomic E-state index is 13.6. The lowest BCUT2D eigenvalue weighted by atomic mass is 10.1. The van der Waals surface area contributed by atoms with Crippen molar-refractivity contribution in [2.75, 3.05) is 31.6 Å². The molecule has 0 saturated carbocycles. The van der Waals surface area contributed by atoms with Crippen LogP contribution in [0, 0.1) is 5.92 Å². The lowest BCUT2D eigenvalue weighted by Crippen LogP contribution is -2.40. The topological polar surface area (TPSA) is 107 Å². The summed E-state index contributed by atoms with van der Waals surface area (Å²) in [7, 11) is 0. The zero-order valence-corrected chi connectivity index (χ0v) is 19.6. The van der Waals surface area contributed by atoms with Gasteiger partial charge in [0, 0.05) is 30.4 Å². The Labute approximate surface area is 201 Å². The third-order valence-corrected chi connectivity index (χ3v) is 5.95. The van der Waals surface area contributed by atoms with Gasteiger partial charge in [-0.25, -0.2) is 4.68 Å². The fourth-order valence-corrected chi connectivity index (χ4v) is 4.28. The SMILES string of the molecule is CC(C)Cn1nc(C(=O)Nc2c(C(=O)N3CCOCC3)oc3ccccc23)c2ccccc2c1=O. The van der Waals surface area contributed by atoms with Crippen LogP contribution in [0.3, 0.4) is 0 Å². The molecule has 0 atom stereocenters. The van der Waals surface area contributed by atoms with Crippen LogP contribution in [-0.2, 0) is 11.3 Å². The number of nitrogens with zero attached hydrogens (tertiary/aromatic N) is 3. The van der Waals surface area contributed by atoms with Crippen molar-refractivity contribution in [3.63, 3.8) is 0 Å². The molecule has 1 aliphatic rings. The van der Waals surface area contributed by atoms with Gasteiger partial charge in [0.25, 0.3) is 17.4 Å². The summed E-state index contributed by atoms with van der Waals surface area (Å²) in [6.07, 6.45) is 0. The number of para-hydroxylation sites is 1. The number of fused-ring (bicyclic) bond motifs is 2. The number of rotatable bonds is 5. The minimum Gasteiger partial charge on any atom is -0.449 e. The molecule has 0 unspecified atom stereocenters. The summed E-state index contributed by atoms with van der Waals surface area (Å²) in [5, 5.41) is 8.76. The van der Waals surface area contributed by atoms with E-state index in [9.17, 15) is 14.4 Å². The van der Waals surface area contributed by atoms with Crippen molar-refractivity contribution in [2.24, 2.45) is 5.92 Å². The molecule has 2 aromatic carbocycles. The molecule has 0 spiro atoms. The predicted octanol–water partition coefficient (Wildman–Crippen LogP) is 3.52. The van der Waals surface area contributed by atoms with E-state index < -0.39 is 5.91 Å². The van der Waals surface area contributed by atoms with Crippen molar-refractivity contribution in [1.29, 1.82) is 0 Å². The van der Waals surface area contributed by atoms with Crippen LogP contribution in [0.1, 0.15) is 34.9 Å². The van der Waals surface area contributed by atoms with Crippen LogP contribution in [0.5, 0.6) is 0 Å². The number of amides is 2. The number of nitrogens with one attached hydrogen (secondary N) is 1. The highest BCUT2D eigenvalue weighted by Crippen LogP contribution is 2.32. The number of hydrogen-bond acceptors (Lipinski definition) is 6. The molecule has 1 saturated heterocycles. The van der Waals surface area contributed by atoms with Gasteiger partial charge >= 0.3 is 0 Å². The molecule has 0 bridgehead atoms. The molecular weight excluding hydrogens is 448 g/mol. The summed E-state index contributed by atoms with van der Waals surface area (Å²) >= 11 is 0. The van der Waals surface area contributed by atoms with Gasteiger partial charge in [-0.05, 0) is 24.1 Å². The number of anilines is 1. The molecule has 9 nitrogen and oxygen atoms in total. The fraction of sp³-hybridized carbons (Fsp3) is 0.308. The molecule has 3 heterocycles. The Morgan fingerprint density at radius 2 is 1.66 bits per heavy atom. The third-order valence-electron chi connectivity index (χ3n) is 5.95. The van der Waals surface area contributed by atoms with E-state index in [0.29, 0.717) is 54.6 Å². The van der Waals surface area contributed by atoms with Crippen LogP contribution in [0.25, 0.3) is 21.7 Å². The Balaban J connectivity index is 1.59. The van der Waals surface area contributed by atoms with Crippen LogP contribution in [0.15, 0.2) is 57.7 Å². The average molecular weight is 475 g/mol. The van der Waals surface area contributed by atoms with Crippen LogP contribution in [0.2, 0.25) is 0 Å². The number of benzene rings is 2. The number of carbonyl (C=O) groups excluding carboxylic acids is 2. The summed E-state index contributed by atoms with van der Waals surface area (Å²) in [6.45, 7) is 6.10. The maximum absolute atomic E-state index is 13.6. The first kappa shape index (κ1) is 22.8. The largest absolute Gasteiger partial charge is 0.449 e. The lowest BCUT2D eigenvalue weighted by molar-refractivity contribution is 0.0285. The van der Waals surface area contributed by atoms with Crippen LogP contribution >= 0.6 is 0 Å². The molecule has 2 aromatic heterocycles. The Bertz CT molecular complexity index is 1480. The van der Waals surface area contributed by atoms with Crippen molar-refractivity contribution in [3.8, 4) is 0 Å². The van der Waals surface area contributed by atoms with Gasteiger partial charge in [-0.2, -0.15) is 5.10 Å². The number of aromatic nitrogens is 2. The van der Waals surface area contributed by atoms with Gasteiger partial charge in [-0.3, -0.25) is 14.4 Å². The van der Waals surface area contributed by atoms with E-state index in [1.807, 2.05) is 19.9 Å². The molecule has 1 fully saturated rings. The Hall–Kier alpha value is -3.98. The van der Waals surface area contributed by atoms with Crippen molar-refractivity contribution >= 4 is 39.2 Å². The summed E-state index contributed by atoms with van der Waals surface area (Å²) < 4.78 is 12.6. The first-order valence-electron chi connectivity index (χ1n) is 11.6. The quantitative estimate of drug-likeness (QED) is 0.474. The Morgan fingerprint density at radius 1 is 1.00 bits per heavy atom. The highest BCUT2D eigenvalue weighted by atomic mass is 16.5. The van der Waals surface area contributed by atoms with Crippen LogP contribution in [0.4, 0.5) is 5.69 Å². The molecule has 1 aliphatic heterocycles. The van der Waals surface area contributed by atoms with Gasteiger partial charge in [0.15, 0.2) is 5.69 Å².